The molecule has 4 rings (SSSR count). The van der Waals surface area contributed by atoms with E-state index in [1.54, 1.807) is 0 Å². The summed E-state index contributed by atoms with van der Waals surface area (Å²) in [5.74, 6) is 4.76. The van der Waals surface area contributed by atoms with Crippen LogP contribution in [0.15, 0.2) is 11.6 Å². The smallest absolute Gasteiger partial charge is 0.0543 e. The third kappa shape index (κ3) is 2.62. The molecule has 0 aromatic rings. The number of aliphatic hydroxyl groups is 1. The van der Waals surface area contributed by atoms with Gasteiger partial charge in [0.2, 0.25) is 0 Å². The molecule has 4 aliphatic rings. The largest absolute Gasteiger partial charge is 0.393 e. The van der Waals surface area contributed by atoms with E-state index in [0.29, 0.717) is 5.41 Å². The molecule has 130 valence electrons. The Hall–Kier alpha value is -0.300. The van der Waals surface area contributed by atoms with E-state index in [0.717, 1.165) is 42.4 Å². The Morgan fingerprint density at radius 2 is 1.87 bits per heavy atom. The molecule has 1 heteroatoms. The van der Waals surface area contributed by atoms with E-state index in [-0.39, 0.29) is 6.10 Å². The highest BCUT2D eigenvalue weighted by Crippen LogP contribution is 2.64. The summed E-state index contributed by atoms with van der Waals surface area (Å²) in [4.78, 5) is 0. The quantitative estimate of drug-likeness (QED) is 0.645. The highest BCUT2D eigenvalue weighted by Gasteiger charge is 2.55. The second kappa shape index (κ2) is 6.21. The molecule has 4 saturated carbocycles. The second-order valence-corrected chi connectivity index (χ2v) is 9.42. The first kappa shape index (κ1) is 16.2. The van der Waals surface area contributed by atoms with Crippen molar-refractivity contribution in [2.45, 2.75) is 90.6 Å². The molecular formula is C22H36O. The Kier molecular flexibility index (Phi) is 4.37. The first-order valence-electron chi connectivity index (χ1n) is 10.5. The Bertz CT molecular complexity index is 467. The van der Waals surface area contributed by atoms with Crippen LogP contribution >= 0.6 is 0 Å². The normalized spacial score (nSPS) is 51.2. The van der Waals surface area contributed by atoms with Gasteiger partial charge in [-0.25, -0.2) is 0 Å². The molecule has 0 bridgehead atoms. The molecule has 7 atom stereocenters. The minimum Gasteiger partial charge on any atom is -0.393 e. The highest BCUT2D eigenvalue weighted by atomic mass is 16.3. The van der Waals surface area contributed by atoms with Gasteiger partial charge in [-0.2, -0.15) is 0 Å². The SMILES string of the molecule is CCC/C=C1/CCC2C3CCC4CC(O)CCC4C3CC[C@]12C. The number of fused-ring (bicyclic) bond motifs is 5. The van der Waals surface area contributed by atoms with Crippen LogP contribution in [0.25, 0.3) is 0 Å². The molecule has 1 nitrogen and oxygen atoms in total. The molecule has 0 radical (unpaired) electrons. The zero-order chi connectivity index (χ0) is 16.0. The van der Waals surface area contributed by atoms with Crippen molar-refractivity contribution in [1.29, 1.82) is 0 Å². The van der Waals surface area contributed by atoms with Gasteiger partial charge in [0.25, 0.3) is 0 Å². The number of hydrogen-bond donors (Lipinski definition) is 1. The van der Waals surface area contributed by atoms with Crippen molar-refractivity contribution in [3.63, 3.8) is 0 Å². The number of rotatable bonds is 2. The molecule has 0 spiro atoms. The number of unbranched alkanes of at least 4 members (excludes halogenated alkanes) is 1. The second-order valence-electron chi connectivity index (χ2n) is 9.42. The van der Waals surface area contributed by atoms with E-state index < -0.39 is 0 Å². The summed E-state index contributed by atoms with van der Waals surface area (Å²) >= 11 is 0. The van der Waals surface area contributed by atoms with Crippen LogP contribution in [0.3, 0.4) is 0 Å². The maximum Gasteiger partial charge on any atom is 0.0543 e. The van der Waals surface area contributed by atoms with Crippen LogP contribution in [0.4, 0.5) is 0 Å². The number of allylic oxidation sites excluding steroid dienone is 2. The van der Waals surface area contributed by atoms with E-state index in [1.807, 2.05) is 5.57 Å². The highest BCUT2D eigenvalue weighted by molar-refractivity contribution is 5.23. The van der Waals surface area contributed by atoms with Gasteiger partial charge in [-0.1, -0.05) is 31.9 Å². The summed E-state index contributed by atoms with van der Waals surface area (Å²) in [5, 5.41) is 10.0. The van der Waals surface area contributed by atoms with Crippen molar-refractivity contribution in [3.05, 3.63) is 11.6 Å². The molecule has 4 fully saturated rings. The summed E-state index contributed by atoms with van der Waals surface area (Å²) in [5.41, 5.74) is 2.36. The molecule has 0 amide bonds. The van der Waals surface area contributed by atoms with Gasteiger partial charge in [-0.15, -0.1) is 0 Å². The summed E-state index contributed by atoms with van der Waals surface area (Å²) in [7, 11) is 0. The average molecular weight is 317 g/mol. The van der Waals surface area contributed by atoms with E-state index >= 15 is 0 Å². The molecule has 0 aliphatic heterocycles. The molecule has 1 N–H and O–H groups in total. The van der Waals surface area contributed by atoms with Crippen molar-refractivity contribution in [2.75, 3.05) is 0 Å². The van der Waals surface area contributed by atoms with Gasteiger partial charge < -0.3 is 5.11 Å². The first-order valence-corrected chi connectivity index (χ1v) is 10.5. The van der Waals surface area contributed by atoms with E-state index in [1.165, 1.54) is 57.8 Å². The zero-order valence-corrected chi connectivity index (χ0v) is 15.3. The molecule has 4 aliphatic carbocycles. The predicted octanol–water partition coefficient (Wildman–Crippen LogP) is 5.73. The Morgan fingerprint density at radius 1 is 1.04 bits per heavy atom. The fourth-order valence-corrected chi connectivity index (χ4v) is 7.33. The number of aliphatic hydroxyl groups excluding tert-OH is 1. The summed E-state index contributed by atoms with van der Waals surface area (Å²) in [6.07, 6.45) is 17.3. The van der Waals surface area contributed by atoms with Crippen LogP contribution in [0.5, 0.6) is 0 Å². The van der Waals surface area contributed by atoms with Gasteiger partial charge in [0.15, 0.2) is 0 Å². The summed E-state index contributed by atoms with van der Waals surface area (Å²) < 4.78 is 0. The molecule has 0 aromatic heterocycles. The van der Waals surface area contributed by atoms with Gasteiger partial charge in [-0.3, -0.25) is 0 Å². The van der Waals surface area contributed by atoms with Crippen molar-refractivity contribution >= 4 is 0 Å². The molecule has 6 unspecified atom stereocenters. The van der Waals surface area contributed by atoms with Crippen molar-refractivity contribution in [2.24, 2.45) is 35.0 Å². The van der Waals surface area contributed by atoms with Gasteiger partial charge in [0.1, 0.15) is 0 Å². The van der Waals surface area contributed by atoms with Crippen LogP contribution in [0.1, 0.15) is 84.5 Å². The summed E-state index contributed by atoms with van der Waals surface area (Å²) in [6.45, 7) is 4.92. The van der Waals surface area contributed by atoms with Gasteiger partial charge in [0.05, 0.1) is 6.10 Å². The Morgan fingerprint density at radius 3 is 2.70 bits per heavy atom. The van der Waals surface area contributed by atoms with E-state index in [2.05, 4.69) is 19.9 Å². The maximum atomic E-state index is 10.0. The van der Waals surface area contributed by atoms with Crippen LogP contribution < -0.4 is 0 Å². The van der Waals surface area contributed by atoms with E-state index in [9.17, 15) is 5.11 Å². The summed E-state index contributed by atoms with van der Waals surface area (Å²) in [6, 6.07) is 0. The minimum absolute atomic E-state index is 0.0108. The zero-order valence-electron chi connectivity index (χ0n) is 15.3. The van der Waals surface area contributed by atoms with E-state index in [4.69, 9.17) is 0 Å². The first-order chi connectivity index (χ1) is 11.1. The van der Waals surface area contributed by atoms with Gasteiger partial charge >= 0.3 is 0 Å². The van der Waals surface area contributed by atoms with Crippen molar-refractivity contribution in [1.82, 2.24) is 0 Å². The minimum atomic E-state index is 0.0108. The Labute approximate surface area is 142 Å². The predicted molar refractivity (Wildman–Crippen MR) is 96.1 cm³/mol. The lowest BCUT2D eigenvalue weighted by Gasteiger charge is -2.55. The lowest BCUT2D eigenvalue weighted by Crippen LogP contribution is -2.48. The average Bonchev–Trinajstić information content (AvgIpc) is 2.89. The lowest BCUT2D eigenvalue weighted by molar-refractivity contribution is -0.0611. The number of hydrogen-bond acceptors (Lipinski definition) is 1. The van der Waals surface area contributed by atoms with Crippen molar-refractivity contribution < 1.29 is 5.11 Å². The third-order valence-corrected chi connectivity index (χ3v) is 8.45. The van der Waals surface area contributed by atoms with Gasteiger partial charge in [-0.05, 0) is 99.2 Å². The topological polar surface area (TPSA) is 20.2 Å². The molecule has 0 saturated heterocycles. The van der Waals surface area contributed by atoms with Gasteiger partial charge in [0, 0.05) is 0 Å². The molecule has 0 heterocycles. The van der Waals surface area contributed by atoms with Crippen molar-refractivity contribution in [3.8, 4) is 0 Å². The third-order valence-electron chi connectivity index (χ3n) is 8.45. The standard InChI is InChI=1S/C22H36O/c1-3-4-5-16-7-11-21-20-9-6-15-14-17(23)8-10-18(15)19(20)12-13-22(16,21)2/h5,15,17-21,23H,3-4,6-14H2,1-2H3/b16-5-/t15?,17?,18?,19?,20?,21?,22-/m1/s1. The molecular weight excluding hydrogens is 280 g/mol. The monoisotopic (exact) mass is 316 g/mol. The van der Waals surface area contributed by atoms with Crippen LogP contribution in [-0.4, -0.2) is 11.2 Å². The van der Waals surface area contributed by atoms with Crippen LogP contribution in [0.2, 0.25) is 0 Å². The van der Waals surface area contributed by atoms with Crippen LogP contribution in [0, 0.1) is 35.0 Å². The maximum absolute atomic E-state index is 10.0. The molecule has 23 heavy (non-hydrogen) atoms. The lowest BCUT2D eigenvalue weighted by atomic mass is 9.50. The fraction of sp³-hybridized carbons (Fsp3) is 0.909. The Balaban J connectivity index is 1.54. The fourth-order valence-electron chi connectivity index (χ4n) is 7.33. The van der Waals surface area contributed by atoms with Crippen LogP contribution in [-0.2, 0) is 0 Å². The molecule has 0 aromatic carbocycles.